The highest BCUT2D eigenvalue weighted by molar-refractivity contribution is 5.88. The van der Waals surface area contributed by atoms with Gasteiger partial charge in [-0.05, 0) is 23.8 Å². The van der Waals surface area contributed by atoms with Crippen LogP contribution in [0.1, 0.15) is 15.9 Å². The Morgan fingerprint density at radius 3 is 2.38 bits per heavy atom. The maximum atomic E-state index is 11.9. The van der Waals surface area contributed by atoms with Gasteiger partial charge < -0.3 is 14.9 Å². The molecule has 0 aliphatic rings. The smallest absolute Gasteiger partial charge is 0.478 e. The van der Waals surface area contributed by atoms with Crippen LogP contribution < -0.4 is 4.74 Å². The molecule has 0 saturated carbocycles. The van der Waals surface area contributed by atoms with Crippen LogP contribution in [0.4, 0.5) is 13.2 Å². The van der Waals surface area contributed by atoms with Gasteiger partial charge in [0.25, 0.3) is 0 Å². The number of aliphatic hydroxyl groups is 1. The van der Waals surface area contributed by atoms with Gasteiger partial charge in [-0.15, -0.1) is 13.2 Å². The molecule has 1 aromatic carbocycles. The van der Waals surface area contributed by atoms with Crippen LogP contribution in [0.5, 0.6) is 5.75 Å². The predicted molar refractivity (Wildman–Crippen MR) is 46.0 cm³/mol. The van der Waals surface area contributed by atoms with Gasteiger partial charge in [-0.2, -0.15) is 0 Å². The molecule has 0 aliphatic heterocycles. The van der Waals surface area contributed by atoms with Gasteiger partial charge in [0.2, 0.25) is 0 Å². The number of alkyl halides is 3. The number of hydrogen-bond donors (Lipinski definition) is 2. The number of halogens is 3. The molecular formula is C9H7F3O4. The first-order valence-electron chi connectivity index (χ1n) is 4.05. The van der Waals surface area contributed by atoms with Crippen molar-refractivity contribution in [2.24, 2.45) is 0 Å². The molecule has 1 aromatic rings. The molecule has 0 unspecified atom stereocenters. The summed E-state index contributed by atoms with van der Waals surface area (Å²) in [5.74, 6) is -2.07. The van der Waals surface area contributed by atoms with Crippen molar-refractivity contribution in [3.63, 3.8) is 0 Å². The number of carbonyl (C=O) groups is 1. The summed E-state index contributed by atoms with van der Waals surface area (Å²) in [6.45, 7) is -0.574. The van der Waals surface area contributed by atoms with Gasteiger partial charge in [0, 0.05) is 0 Å². The maximum Gasteiger partial charge on any atom is 0.573 e. The Morgan fingerprint density at radius 1 is 1.31 bits per heavy atom. The summed E-state index contributed by atoms with van der Waals surface area (Å²) in [4.78, 5) is 10.6. The number of aliphatic hydroxyl groups excluding tert-OH is 1. The lowest BCUT2D eigenvalue weighted by Crippen LogP contribution is -2.17. The van der Waals surface area contributed by atoms with Gasteiger partial charge in [-0.3, -0.25) is 0 Å². The normalized spacial score (nSPS) is 11.2. The number of ether oxygens (including phenoxy) is 1. The topological polar surface area (TPSA) is 66.8 Å². The molecule has 0 amide bonds. The molecule has 0 heterocycles. The van der Waals surface area contributed by atoms with E-state index in [0.717, 1.165) is 18.2 Å². The lowest BCUT2D eigenvalue weighted by molar-refractivity contribution is -0.274. The highest BCUT2D eigenvalue weighted by Crippen LogP contribution is 2.25. The number of carboxylic acid groups (broad SMARTS) is 1. The lowest BCUT2D eigenvalue weighted by atomic mass is 10.1. The number of aromatic carboxylic acids is 1. The third-order valence-electron chi connectivity index (χ3n) is 1.63. The van der Waals surface area contributed by atoms with E-state index >= 15 is 0 Å². The van der Waals surface area contributed by atoms with E-state index in [2.05, 4.69) is 4.74 Å². The van der Waals surface area contributed by atoms with E-state index in [9.17, 15) is 18.0 Å². The Kier molecular flexibility index (Phi) is 3.38. The van der Waals surface area contributed by atoms with E-state index in [-0.39, 0.29) is 11.1 Å². The van der Waals surface area contributed by atoms with Gasteiger partial charge in [-0.1, -0.05) is 0 Å². The van der Waals surface area contributed by atoms with Gasteiger partial charge >= 0.3 is 12.3 Å². The molecule has 0 atom stereocenters. The number of rotatable bonds is 3. The van der Waals surface area contributed by atoms with E-state index in [1.165, 1.54) is 0 Å². The number of hydrogen-bond acceptors (Lipinski definition) is 3. The molecule has 0 spiro atoms. The van der Waals surface area contributed by atoms with Gasteiger partial charge in [-0.25, -0.2) is 4.79 Å². The first-order chi connectivity index (χ1) is 7.31. The van der Waals surface area contributed by atoms with Gasteiger partial charge in [0.05, 0.1) is 12.2 Å². The minimum Gasteiger partial charge on any atom is -0.478 e. The highest BCUT2D eigenvalue weighted by Gasteiger charge is 2.31. The zero-order chi connectivity index (χ0) is 12.3. The molecule has 7 heteroatoms. The fourth-order valence-electron chi connectivity index (χ4n) is 1.07. The molecule has 0 aromatic heterocycles. The second-order valence-electron chi connectivity index (χ2n) is 2.88. The largest absolute Gasteiger partial charge is 0.573 e. The summed E-state index contributed by atoms with van der Waals surface area (Å²) >= 11 is 0. The first kappa shape index (κ1) is 12.3. The van der Waals surface area contributed by atoms with Crippen molar-refractivity contribution in [2.75, 3.05) is 0 Å². The minimum atomic E-state index is -4.90. The number of carboxylic acids is 1. The van der Waals surface area contributed by atoms with Crippen LogP contribution in [0.2, 0.25) is 0 Å². The molecule has 0 saturated heterocycles. The zero-order valence-corrected chi connectivity index (χ0v) is 7.78. The van der Waals surface area contributed by atoms with E-state index < -0.39 is 24.7 Å². The van der Waals surface area contributed by atoms with Crippen molar-refractivity contribution in [1.82, 2.24) is 0 Å². The molecule has 0 aliphatic carbocycles. The molecule has 4 nitrogen and oxygen atoms in total. The third-order valence-corrected chi connectivity index (χ3v) is 1.63. The standard InChI is InChI=1S/C9H7F3O4/c10-9(11,12)16-7-2-5(4-13)1-6(3-7)8(14)15/h1-3,13H,4H2,(H,14,15). The van der Waals surface area contributed by atoms with Gasteiger partial charge in [0.1, 0.15) is 5.75 Å². The highest BCUT2D eigenvalue weighted by atomic mass is 19.4. The summed E-state index contributed by atoms with van der Waals surface area (Å²) in [7, 11) is 0. The van der Waals surface area contributed by atoms with Crippen LogP contribution in [0.15, 0.2) is 18.2 Å². The van der Waals surface area contributed by atoms with E-state index in [1.54, 1.807) is 0 Å². The maximum absolute atomic E-state index is 11.9. The van der Waals surface area contributed by atoms with Crippen LogP contribution in [0.25, 0.3) is 0 Å². The Balaban J connectivity index is 3.09. The third kappa shape index (κ3) is 3.43. The van der Waals surface area contributed by atoms with Crippen LogP contribution in [0.3, 0.4) is 0 Å². The molecule has 0 fully saturated rings. The fraction of sp³-hybridized carbons (Fsp3) is 0.222. The molecular weight excluding hydrogens is 229 g/mol. The first-order valence-corrected chi connectivity index (χ1v) is 4.05. The molecule has 16 heavy (non-hydrogen) atoms. The van der Waals surface area contributed by atoms with Crippen LogP contribution >= 0.6 is 0 Å². The van der Waals surface area contributed by atoms with E-state index in [1.807, 2.05) is 0 Å². The Bertz CT molecular complexity index is 400. The summed E-state index contributed by atoms with van der Waals surface area (Å²) in [6.07, 6.45) is -4.90. The average Bonchev–Trinajstić information content (AvgIpc) is 2.14. The lowest BCUT2D eigenvalue weighted by Gasteiger charge is -2.10. The Labute approximate surface area is 87.9 Å². The van der Waals surface area contributed by atoms with Crippen molar-refractivity contribution in [3.8, 4) is 5.75 Å². The Hall–Kier alpha value is -1.76. The summed E-state index contributed by atoms with van der Waals surface area (Å²) in [5, 5.41) is 17.3. The van der Waals surface area contributed by atoms with Crippen LogP contribution in [0, 0.1) is 0 Å². The molecule has 0 bridgehead atoms. The molecule has 88 valence electrons. The second kappa shape index (κ2) is 4.40. The van der Waals surface area contributed by atoms with Crippen molar-refractivity contribution >= 4 is 5.97 Å². The monoisotopic (exact) mass is 236 g/mol. The molecule has 0 radical (unpaired) electrons. The SMILES string of the molecule is O=C(O)c1cc(CO)cc(OC(F)(F)F)c1. The van der Waals surface area contributed by atoms with Crippen LogP contribution in [-0.4, -0.2) is 22.5 Å². The minimum absolute atomic E-state index is 0.0270. The summed E-state index contributed by atoms with van der Waals surface area (Å²) < 4.78 is 39.2. The van der Waals surface area contributed by atoms with Crippen molar-refractivity contribution in [3.05, 3.63) is 29.3 Å². The number of benzene rings is 1. The summed E-state index contributed by atoms with van der Waals surface area (Å²) in [5.41, 5.74) is -0.357. The molecule has 2 N–H and O–H groups in total. The van der Waals surface area contributed by atoms with Crippen molar-refractivity contribution < 1.29 is 32.9 Å². The van der Waals surface area contributed by atoms with Gasteiger partial charge in [0.15, 0.2) is 0 Å². The van der Waals surface area contributed by atoms with Crippen LogP contribution in [-0.2, 0) is 6.61 Å². The second-order valence-corrected chi connectivity index (χ2v) is 2.88. The fourth-order valence-corrected chi connectivity index (χ4v) is 1.07. The average molecular weight is 236 g/mol. The molecule has 1 rings (SSSR count). The predicted octanol–water partition coefficient (Wildman–Crippen LogP) is 1.78. The quantitative estimate of drug-likeness (QED) is 0.839. The van der Waals surface area contributed by atoms with E-state index in [4.69, 9.17) is 10.2 Å². The van der Waals surface area contributed by atoms with Crippen molar-refractivity contribution in [1.29, 1.82) is 0 Å². The van der Waals surface area contributed by atoms with Crippen molar-refractivity contribution in [2.45, 2.75) is 13.0 Å². The Morgan fingerprint density at radius 2 is 1.94 bits per heavy atom. The summed E-state index contributed by atoms with van der Waals surface area (Å²) in [6, 6.07) is 2.71. The zero-order valence-electron chi connectivity index (χ0n) is 7.78. The van der Waals surface area contributed by atoms with E-state index in [0.29, 0.717) is 0 Å².